The van der Waals surface area contributed by atoms with E-state index in [0.29, 0.717) is 18.9 Å². The van der Waals surface area contributed by atoms with E-state index in [9.17, 15) is 0 Å². The molecule has 1 fully saturated rings. The molecule has 1 unspecified atom stereocenters. The third kappa shape index (κ3) is 2.87. The van der Waals surface area contributed by atoms with Crippen LogP contribution in [0, 0.1) is 0 Å². The van der Waals surface area contributed by atoms with Crippen molar-refractivity contribution in [3.05, 3.63) is 24.3 Å². The fourth-order valence-electron chi connectivity index (χ4n) is 1.64. The van der Waals surface area contributed by atoms with E-state index < -0.39 is 5.79 Å². The highest BCUT2D eigenvalue weighted by Crippen LogP contribution is 2.23. The van der Waals surface area contributed by atoms with Gasteiger partial charge in [0.25, 0.3) is 0 Å². The summed E-state index contributed by atoms with van der Waals surface area (Å²) in [7, 11) is 0. The van der Waals surface area contributed by atoms with Gasteiger partial charge in [0.15, 0.2) is 5.79 Å². The molecule has 0 radical (unpaired) electrons. The van der Waals surface area contributed by atoms with Gasteiger partial charge < -0.3 is 19.9 Å². The number of rotatable bonds is 3. The van der Waals surface area contributed by atoms with Crippen LogP contribution in [0.15, 0.2) is 24.3 Å². The molecule has 2 N–H and O–H groups in total. The van der Waals surface area contributed by atoms with Gasteiger partial charge in [0.2, 0.25) is 0 Å². The monoisotopic (exact) mass is 223 g/mol. The van der Waals surface area contributed by atoms with Crippen molar-refractivity contribution in [3.8, 4) is 5.75 Å². The number of nitrogen functional groups attached to an aromatic ring is 1. The second kappa shape index (κ2) is 4.31. The molecule has 1 aliphatic rings. The van der Waals surface area contributed by atoms with Gasteiger partial charge in [-0.05, 0) is 26.0 Å². The fourth-order valence-corrected chi connectivity index (χ4v) is 1.64. The van der Waals surface area contributed by atoms with Crippen LogP contribution in [-0.2, 0) is 9.47 Å². The van der Waals surface area contributed by atoms with Gasteiger partial charge in [-0.1, -0.05) is 6.07 Å². The van der Waals surface area contributed by atoms with Crippen molar-refractivity contribution in [2.24, 2.45) is 0 Å². The smallest absolute Gasteiger partial charge is 0.163 e. The molecule has 0 saturated carbocycles. The summed E-state index contributed by atoms with van der Waals surface area (Å²) in [4.78, 5) is 0. The van der Waals surface area contributed by atoms with E-state index in [-0.39, 0.29) is 6.10 Å². The molecule has 16 heavy (non-hydrogen) atoms. The summed E-state index contributed by atoms with van der Waals surface area (Å²) in [5.74, 6) is 0.261. The predicted molar refractivity (Wildman–Crippen MR) is 61.3 cm³/mol. The maximum atomic E-state index is 5.65. The molecule has 0 amide bonds. The van der Waals surface area contributed by atoms with E-state index in [0.717, 1.165) is 5.75 Å². The van der Waals surface area contributed by atoms with Crippen LogP contribution < -0.4 is 10.5 Å². The van der Waals surface area contributed by atoms with Crippen LogP contribution in [0.1, 0.15) is 13.8 Å². The maximum absolute atomic E-state index is 5.65. The minimum atomic E-state index is -0.496. The topological polar surface area (TPSA) is 53.7 Å². The predicted octanol–water partition coefficient (Wildman–Crippen LogP) is 1.80. The SMILES string of the molecule is CC1(C)OCC(COc2cccc(N)c2)O1. The van der Waals surface area contributed by atoms with Crippen molar-refractivity contribution in [1.82, 2.24) is 0 Å². The molecule has 4 nitrogen and oxygen atoms in total. The molecule has 1 atom stereocenters. The molecule has 0 aliphatic carbocycles. The van der Waals surface area contributed by atoms with Crippen LogP contribution in [0.4, 0.5) is 5.69 Å². The zero-order valence-corrected chi connectivity index (χ0v) is 9.60. The lowest BCUT2D eigenvalue weighted by molar-refractivity contribution is -0.141. The van der Waals surface area contributed by atoms with E-state index in [1.54, 1.807) is 6.07 Å². The van der Waals surface area contributed by atoms with E-state index in [4.69, 9.17) is 19.9 Å². The number of benzene rings is 1. The molecule has 0 spiro atoms. The normalized spacial score (nSPS) is 23.2. The van der Waals surface area contributed by atoms with Gasteiger partial charge in [-0.25, -0.2) is 0 Å². The molecule has 4 heteroatoms. The van der Waals surface area contributed by atoms with Crippen LogP contribution in [0.2, 0.25) is 0 Å². The first-order valence-corrected chi connectivity index (χ1v) is 5.35. The molecule has 1 heterocycles. The molecule has 1 aromatic carbocycles. The van der Waals surface area contributed by atoms with Crippen molar-refractivity contribution in [1.29, 1.82) is 0 Å². The standard InChI is InChI=1S/C12H17NO3/c1-12(2)15-8-11(16-12)7-14-10-5-3-4-9(13)6-10/h3-6,11H,7-8,13H2,1-2H3. The van der Waals surface area contributed by atoms with Gasteiger partial charge in [0.1, 0.15) is 18.5 Å². The Balaban J connectivity index is 1.84. The summed E-state index contributed by atoms with van der Waals surface area (Å²) in [6.45, 7) is 4.84. The Bertz CT molecular complexity index is 365. The summed E-state index contributed by atoms with van der Waals surface area (Å²) in [6.07, 6.45) is -0.0172. The third-order valence-electron chi connectivity index (χ3n) is 2.36. The Labute approximate surface area is 95.3 Å². The summed E-state index contributed by atoms with van der Waals surface area (Å²) >= 11 is 0. The lowest BCUT2D eigenvalue weighted by atomic mass is 10.3. The first-order chi connectivity index (χ1) is 7.55. The summed E-state index contributed by atoms with van der Waals surface area (Å²) < 4.78 is 16.6. The van der Waals surface area contributed by atoms with Crippen molar-refractivity contribution in [2.45, 2.75) is 25.7 Å². The minimum absolute atomic E-state index is 0.0172. The fraction of sp³-hybridized carbons (Fsp3) is 0.500. The number of ether oxygens (including phenoxy) is 3. The quantitative estimate of drug-likeness (QED) is 0.794. The van der Waals surface area contributed by atoms with Crippen molar-refractivity contribution >= 4 is 5.69 Å². The Morgan fingerprint density at radius 2 is 2.31 bits per heavy atom. The first kappa shape index (κ1) is 11.2. The highest BCUT2D eigenvalue weighted by molar-refractivity contribution is 5.43. The highest BCUT2D eigenvalue weighted by Gasteiger charge is 2.32. The van der Waals surface area contributed by atoms with Crippen LogP contribution in [0.3, 0.4) is 0 Å². The average molecular weight is 223 g/mol. The number of nitrogens with two attached hydrogens (primary N) is 1. The number of hydrogen-bond acceptors (Lipinski definition) is 4. The molecule has 1 aliphatic heterocycles. The molecule has 88 valence electrons. The molecule has 1 aromatic rings. The Morgan fingerprint density at radius 3 is 2.94 bits per heavy atom. The first-order valence-electron chi connectivity index (χ1n) is 5.35. The van der Waals surface area contributed by atoms with Gasteiger partial charge in [-0.2, -0.15) is 0 Å². The Kier molecular flexibility index (Phi) is 3.03. The van der Waals surface area contributed by atoms with Gasteiger partial charge in [0, 0.05) is 11.8 Å². The van der Waals surface area contributed by atoms with E-state index in [1.807, 2.05) is 32.0 Å². The average Bonchev–Trinajstić information content (AvgIpc) is 2.56. The van der Waals surface area contributed by atoms with Crippen molar-refractivity contribution in [2.75, 3.05) is 18.9 Å². The Hall–Kier alpha value is -1.26. The van der Waals surface area contributed by atoms with E-state index in [2.05, 4.69) is 0 Å². The zero-order valence-electron chi connectivity index (χ0n) is 9.60. The van der Waals surface area contributed by atoms with Gasteiger partial charge in [0.05, 0.1) is 6.61 Å². The zero-order chi connectivity index (χ0) is 11.6. The second-order valence-corrected chi connectivity index (χ2v) is 4.33. The molecule has 0 aromatic heterocycles. The van der Waals surface area contributed by atoms with Crippen LogP contribution in [0.5, 0.6) is 5.75 Å². The third-order valence-corrected chi connectivity index (χ3v) is 2.36. The summed E-state index contributed by atoms with van der Waals surface area (Å²) in [5.41, 5.74) is 6.35. The van der Waals surface area contributed by atoms with Crippen molar-refractivity contribution < 1.29 is 14.2 Å². The van der Waals surface area contributed by atoms with E-state index >= 15 is 0 Å². The van der Waals surface area contributed by atoms with Gasteiger partial charge in [-0.15, -0.1) is 0 Å². The number of anilines is 1. The Morgan fingerprint density at radius 1 is 1.50 bits per heavy atom. The minimum Gasteiger partial charge on any atom is -0.491 e. The molecule has 2 rings (SSSR count). The lowest BCUT2D eigenvalue weighted by Gasteiger charge is -2.17. The molecule has 0 bridgehead atoms. The van der Waals surface area contributed by atoms with Crippen LogP contribution in [-0.4, -0.2) is 25.1 Å². The van der Waals surface area contributed by atoms with Crippen molar-refractivity contribution in [3.63, 3.8) is 0 Å². The van der Waals surface area contributed by atoms with Gasteiger partial charge in [-0.3, -0.25) is 0 Å². The maximum Gasteiger partial charge on any atom is 0.163 e. The highest BCUT2D eigenvalue weighted by atomic mass is 16.7. The second-order valence-electron chi connectivity index (χ2n) is 4.33. The lowest BCUT2D eigenvalue weighted by Crippen LogP contribution is -2.25. The molecular formula is C12H17NO3. The largest absolute Gasteiger partial charge is 0.491 e. The molecular weight excluding hydrogens is 206 g/mol. The number of hydrogen-bond donors (Lipinski definition) is 1. The summed E-state index contributed by atoms with van der Waals surface area (Å²) in [6, 6.07) is 7.35. The van der Waals surface area contributed by atoms with E-state index in [1.165, 1.54) is 0 Å². The van der Waals surface area contributed by atoms with Crippen LogP contribution in [0.25, 0.3) is 0 Å². The molecule has 1 saturated heterocycles. The van der Waals surface area contributed by atoms with Gasteiger partial charge >= 0.3 is 0 Å². The van der Waals surface area contributed by atoms with Crippen LogP contribution >= 0.6 is 0 Å². The summed E-state index contributed by atoms with van der Waals surface area (Å²) in [5, 5.41) is 0.